The monoisotopic (exact) mass is 407 g/mol. The van der Waals surface area contributed by atoms with Gasteiger partial charge < -0.3 is 14.6 Å². The van der Waals surface area contributed by atoms with E-state index in [0.717, 1.165) is 11.3 Å². The third-order valence-electron chi connectivity index (χ3n) is 3.97. The number of nitrogens with zero attached hydrogens (tertiary/aromatic N) is 2. The molecule has 3 rings (SSSR count). The molecule has 1 heterocycles. The van der Waals surface area contributed by atoms with Gasteiger partial charge in [-0.15, -0.1) is 11.3 Å². The van der Waals surface area contributed by atoms with Crippen molar-refractivity contribution >= 4 is 28.5 Å². The Balaban J connectivity index is 1.83. The average molecular weight is 407 g/mol. The summed E-state index contributed by atoms with van der Waals surface area (Å²) >= 11 is 1.27. The summed E-state index contributed by atoms with van der Waals surface area (Å²) in [6.07, 6.45) is 1.38. The van der Waals surface area contributed by atoms with Gasteiger partial charge in [0.2, 0.25) is 5.75 Å². The van der Waals surface area contributed by atoms with Crippen molar-refractivity contribution in [1.29, 1.82) is 5.26 Å². The van der Waals surface area contributed by atoms with E-state index in [9.17, 15) is 15.2 Å². The van der Waals surface area contributed by atoms with Gasteiger partial charge >= 0.3 is 0 Å². The highest BCUT2D eigenvalue weighted by Gasteiger charge is 2.15. The first kappa shape index (κ1) is 19.9. The van der Waals surface area contributed by atoms with E-state index in [-0.39, 0.29) is 22.8 Å². The van der Waals surface area contributed by atoms with Crippen molar-refractivity contribution in [3.05, 3.63) is 59.0 Å². The molecular formula is C21H17N3O4S. The zero-order chi connectivity index (χ0) is 20.8. The number of rotatable bonds is 6. The van der Waals surface area contributed by atoms with Crippen LogP contribution in [-0.4, -0.2) is 30.2 Å². The van der Waals surface area contributed by atoms with Crippen LogP contribution < -0.4 is 14.8 Å². The van der Waals surface area contributed by atoms with Gasteiger partial charge in [0.25, 0.3) is 5.91 Å². The Morgan fingerprint density at radius 1 is 1.21 bits per heavy atom. The number of aromatic nitrogens is 1. The van der Waals surface area contributed by atoms with E-state index < -0.39 is 5.91 Å². The van der Waals surface area contributed by atoms with Gasteiger partial charge in [-0.2, -0.15) is 5.26 Å². The molecule has 0 aliphatic heterocycles. The number of carbonyl (C=O) groups is 1. The number of nitriles is 1. The summed E-state index contributed by atoms with van der Waals surface area (Å²) < 4.78 is 10.2. The normalized spacial score (nSPS) is 10.9. The second-order valence-corrected chi connectivity index (χ2v) is 6.66. The maximum Gasteiger partial charge on any atom is 0.268 e. The summed E-state index contributed by atoms with van der Waals surface area (Å²) in [4.78, 5) is 16.9. The molecule has 0 fully saturated rings. The molecule has 3 aromatic rings. The molecule has 0 unspecified atom stereocenters. The molecule has 1 aromatic heterocycles. The van der Waals surface area contributed by atoms with Gasteiger partial charge in [-0.1, -0.05) is 30.3 Å². The smallest absolute Gasteiger partial charge is 0.268 e. The summed E-state index contributed by atoms with van der Waals surface area (Å²) in [7, 11) is 2.79. The summed E-state index contributed by atoms with van der Waals surface area (Å²) in [6, 6.07) is 14.5. The highest BCUT2D eigenvalue weighted by Crippen LogP contribution is 2.37. The van der Waals surface area contributed by atoms with Crippen LogP contribution in [-0.2, 0) is 4.79 Å². The number of aromatic hydroxyl groups is 1. The third kappa shape index (κ3) is 4.54. The Labute approximate surface area is 171 Å². The first-order valence-electron chi connectivity index (χ1n) is 8.44. The van der Waals surface area contributed by atoms with Crippen molar-refractivity contribution in [2.24, 2.45) is 0 Å². The number of phenolic OH excluding ortho intramolecular Hbond substituents is 1. The molecule has 0 bridgehead atoms. The number of hydrogen-bond acceptors (Lipinski definition) is 7. The van der Waals surface area contributed by atoms with Crippen molar-refractivity contribution in [1.82, 2.24) is 4.98 Å². The van der Waals surface area contributed by atoms with Crippen LogP contribution in [0.4, 0.5) is 5.13 Å². The molecule has 0 aliphatic carbocycles. The van der Waals surface area contributed by atoms with Gasteiger partial charge in [0.1, 0.15) is 11.6 Å². The maximum atomic E-state index is 12.5. The number of methoxy groups -OCH3 is 2. The van der Waals surface area contributed by atoms with Crippen molar-refractivity contribution in [3.63, 3.8) is 0 Å². The third-order valence-corrected chi connectivity index (χ3v) is 4.73. The molecule has 0 radical (unpaired) electrons. The topological polar surface area (TPSA) is 104 Å². The minimum Gasteiger partial charge on any atom is -0.502 e. The first-order chi connectivity index (χ1) is 14.0. The van der Waals surface area contributed by atoms with E-state index in [0.29, 0.717) is 10.7 Å². The lowest BCUT2D eigenvalue weighted by atomic mass is 10.1. The molecule has 0 spiro atoms. The number of anilines is 1. The fourth-order valence-electron chi connectivity index (χ4n) is 2.55. The standard InChI is InChI=1S/C21H17N3O4S/c1-27-17-9-13(10-18(28-2)19(17)25)8-15(11-22)20(26)24-21-23-16(12-29-21)14-6-4-3-5-7-14/h3-10,12,25H,1-2H3,(H,23,24,26)/b15-8+. The Morgan fingerprint density at radius 2 is 1.86 bits per heavy atom. The van der Waals surface area contributed by atoms with Crippen molar-refractivity contribution in [3.8, 4) is 34.6 Å². The SMILES string of the molecule is COc1cc(/C=C(\C#N)C(=O)Nc2nc(-c3ccccc3)cs2)cc(OC)c1O. The van der Waals surface area contributed by atoms with E-state index in [2.05, 4.69) is 10.3 Å². The average Bonchev–Trinajstić information content (AvgIpc) is 3.21. The number of carbonyl (C=O) groups excluding carboxylic acids is 1. The molecule has 0 saturated heterocycles. The molecule has 0 aliphatic rings. The van der Waals surface area contributed by atoms with Gasteiger partial charge in [0.05, 0.1) is 19.9 Å². The lowest BCUT2D eigenvalue weighted by Crippen LogP contribution is -2.13. The Morgan fingerprint density at radius 3 is 2.45 bits per heavy atom. The number of phenols is 1. The van der Waals surface area contributed by atoms with E-state index in [4.69, 9.17) is 9.47 Å². The van der Waals surface area contributed by atoms with Crippen LogP contribution in [0.1, 0.15) is 5.56 Å². The summed E-state index contributed by atoms with van der Waals surface area (Å²) in [5, 5.41) is 24.3. The van der Waals surface area contributed by atoms with Crippen molar-refractivity contribution < 1.29 is 19.4 Å². The van der Waals surface area contributed by atoms with Gasteiger partial charge in [-0.25, -0.2) is 4.98 Å². The van der Waals surface area contributed by atoms with Crippen molar-refractivity contribution in [2.75, 3.05) is 19.5 Å². The number of thiazole rings is 1. The lowest BCUT2D eigenvalue weighted by molar-refractivity contribution is -0.112. The molecule has 8 heteroatoms. The molecule has 0 saturated carbocycles. The quantitative estimate of drug-likeness (QED) is 0.471. The Kier molecular flexibility index (Phi) is 6.12. The predicted octanol–water partition coefficient (Wildman–Crippen LogP) is 4.08. The lowest BCUT2D eigenvalue weighted by Gasteiger charge is -2.09. The van der Waals surface area contributed by atoms with Crippen LogP contribution in [0.3, 0.4) is 0 Å². The van der Waals surface area contributed by atoms with E-state index in [1.807, 2.05) is 41.8 Å². The number of amides is 1. The number of ether oxygens (including phenoxy) is 2. The van der Waals surface area contributed by atoms with Crippen LogP contribution in [0, 0.1) is 11.3 Å². The van der Waals surface area contributed by atoms with Gasteiger partial charge in [-0.05, 0) is 23.8 Å². The summed E-state index contributed by atoms with van der Waals surface area (Å²) in [6.45, 7) is 0. The second kappa shape index (κ2) is 8.91. The summed E-state index contributed by atoms with van der Waals surface area (Å²) in [5.74, 6) is -0.416. The molecule has 2 aromatic carbocycles. The Bertz CT molecular complexity index is 1080. The molecule has 29 heavy (non-hydrogen) atoms. The molecule has 2 N–H and O–H groups in total. The molecule has 1 amide bonds. The molecule has 146 valence electrons. The summed E-state index contributed by atoms with van der Waals surface area (Å²) in [5.41, 5.74) is 2.01. The number of hydrogen-bond donors (Lipinski definition) is 2. The fraction of sp³-hybridized carbons (Fsp3) is 0.0952. The van der Waals surface area contributed by atoms with Gasteiger partial charge in [-0.3, -0.25) is 10.1 Å². The zero-order valence-electron chi connectivity index (χ0n) is 15.7. The predicted molar refractivity (Wildman–Crippen MR) is 111 cm³/mol. The number of nitrogens with one attached hydrogen (secondary N) is 1. The highest BCUT2D eigenvalue weighted by atomic mass is 32.1. The van der Waals surface area contributed by atoms with Crippen LogP contribution in [0.25, 0.3) is 17.3 Å². The van der Waals surface area contributed by atoms with E-state index in [1.54, 1.807) is 0 Å². The van der Waals surface area contributed by atoms with Gasteiger partial charge in [0.15, 0.2) is 16.6 Å². The van der Waals surface area contributed by atoms with Crippen LogP contribution in [0.15, 0.2) is 53.4 Å². The van der Waals surface area contributed by atoms with E-state index >= 15 is 0 Å². The maximum absolute atomic E-state index is 12.5. The Hall–Kier alpha value is -3.83. The first-order valence-corrected chi connectivity index (χ1v) is 9.32. The highest BCUT2D eigenvalue weighted by molar-refractivity contribution is 7.14. The van der Waals surface area contributed by atoms with Crippen LogP contribution in [0.2, 0.25) is 0 Å². The number of benzene rings is 2. The fourth-order valence-corrected chi connectivity index (χ4v) is 3.26. The zero-order valence-corrected chi connectivity index (χ0v) is 16.5. The largest absolute Gasteiger partial charge is 0.502 e. The minimum absolute atomic E-state index is 0.128. The molecular weight excluding hydrogens is 390 g/mol. The molecule has 7 nitrogen and oxygen atoms in total. The van der Waals surface area contributed by atoms with Crippen LogP contribution >= 0.6 is 11.3 Å². The minimum atomic E-state index is -0.590. The van der Waals surface area contributed by atoms with Crippen molar-refractivity contribution in [2.45, 2.75) is 0 Å². The second-order valence-electron chi connectivity index (χ2n) is 5.80. The van der Waals surface area contributed by atoms with Crippen LogP contribution in [0.5, 0.6) is 17.2 Å². The molecule has 0 atom stereocenters. The van der Waals surface area contributed by atoms with Gasteiger partial charge in [0, 0.05) is 10.9 Å². The van der Waals surface area contributed by atoms with E-state index in [1.165, 1.54) is 43.8 Å².